The molecule has 0 fully saturated rings. The molecule has 276 valence electrons. The molecule has 3 heteroatoms. The van der Waals surface area contributed by atoms with Crippen LogP contribution >= 0.6 is 11.3 Å². The Bertz CT molecular complexity index is 3150. The standard InChI is InChI=1S/C55H40N2S/c1-55(2)50-34-40-19-13-12-18-39(40)33-48(50)47-26-15-27-51(54(47)55)57(42-23-10-5-11-24-42)45-28-30-46-49-35-44(29-31-52(49)58-53(46)36-45)56(41-21-8-4-9-22-41)43-25-14-20-38(32-43)37-16-6-3-7-17-37/h3-36H,1-2H3. The minimum atomic E-state index is -0.193. The van der Waals surface area contributed by atoms with E-state index in [-0.39, 0.29) is 5.41 Å². The van der Waals surface area contributed by atoms with E-state index < -0.39 is 0 Å². The van der Waals surface area contributed by atoms with Crippen LogP contribution in [0.4, 0.5) is 34.1 Å². The molecule has 0 spiro atoms. The highest BCUT2D eigenvalue weighted by molar-refractivity contribution is 7.25. The van der Waals surface area contributed by atoms with Crippen molar-refractivity contribution in [2.45, 2.75) is 19.3 Å². The Hall–Kier alpha value is -6.94. The summed E-state index contributed by atoms with van der Waals surface area (Å²) in [4.78, 5) is 4.85. The van der Waals surface area contributed by atoms with Crippen molar-refractivity contribution in [3.63, 3.8) is 0 Å². The van der Waals surface area contributed by atoms with Gasteiger partial charge in [-0.25, -0.2) is 0 Å². The maximum atomic E-state index is 2.47. The third kappa shape index (κ3) is 5.62. The number of para-hydroxylation sites is 2. The summed E-state index contributed by atoms with van der Waals surface area (Å²) in [6.45, 7) is 4.78. The van der Waals surface area contributed by atoms with Crippen molar-refractivity contribution < 1.29 is 0 Å². The highest BCUT2D eigenvalue weighted by Gasteiger charge is 2.39. The average molecular weight is 761 g/mol. The fourth-order valence-electron chi connectivity index (χ4n) is 9.24. The SMILES string of the molecule is CC1(C)c2cc3ccccc3cc2-c2cccc(N(c3ccccc3)c3ccc4c(c3)sc3ccc(N(c5ccccc5)c5cccc(-c6ccccc6)c5)cc34)c21. The Labute approximate surface area is 343 Å². The number of benzene rings is 9. The molecule has 58 heavy (non-hydrogen) atoms. The van der Waals surface area contributed by atoms with Crippen LogP contribution in [0.3, 0.4) is 0 Å². The van der Waals surface area contributed by atoms with Gasteiger partial charge in [0.05, 0.1) is 5.69 Å². The highest BCUT2D eigenvalue weighted by Crippen LogP contribution is 2.55. The van der Waals surface area contributed by atoms with E-state index in [0.717, 1.165) is 28.4 Å². The molecule has 1 aliphatic carbocycles. The third-order valence-electron chi connectivity index (χ3n) is 12.0. The largest absolute Gasteiger partial charge is 0.310 e. The number of hydrogen-bond donors (Lipinski definition) is 0. The lowest BCUT2D eigenvalue weighted by atomic mass is 9.80. The van der Waals surface area contributed by atoms with Gasteiger partial charge in [0.15, 0.2) is 0 Å². The van der Waals surface area contributed by atoms with Crippen molar-refractivity contribution in [2.75, 3.05) is 9.80 Å². The Kier molecular flexibility index (Phi) is 8.06. The molecule has 1 aliphatic rings. The minimum absolute atomic E-state index is 0.193. The number of rotatable bonds is 7. The zero-order valence-corrected chi connectivity index (χ0v) is 33.2. The Morgan fingerprint density at radius 3 is 1.72 bits per heavy atom. The fourth-order valence-corrected chi connectivity index (χ4v) is 10.4. The molecule has 0 N–H and O–H groups in total. The minimum Gasteiger partial charge on any atom is -0.310 e. The monoisotopic (exact) mass is 760 g/mol. The molecule has 0 saturated carbocycles. The molecule has 0 unspecified atom stereocenters. The van der Waals surface area contributed by atoms with Crippen LogP contribution in [0.25, 0.3) is 53.2 Å². The molecule has 0 radical (unpaired) electrons. The van der Waals surface area contributed by atoms with Gasteiger partial charge in [0.1, 0.15) is 0 Å². The molecule has 2 nitrogen and oxygen atoms in total. The second-order valence-corrected chi connectivity index (χ2v) is 16.9. The second-order valence-electron chi connectivity index (χ2n) is 15.8. The smallest absolute Gasteiger partial charge is 0.0508 e. The van der Waals surface area contributed by atoms with Gasteiger partial charge in [-0.05, 0) is 129 Å². The summed E-state index contributed by atoms with van der Waals surface area (Å²) in [5, 5.41) is 5.10. The zero-order valence-electron chi connectivity index (χ0n) is 32.4. The summed E-state index contributed by atoms with van der Waals surface area (Å²) in [5.41, 5.74) is 14.5. The summed E-state index contributed by atoms with van der Waals surface area (Å²) >= 11 is 1.87. The molecule has 11 rings (SSSR count). The van der Waals surface area contributed by atoms with E-state index in [9.17, 15) is 0 Å². The van der Waals surface area contributed by atoms with Crippen LogP contribution in [0.1, 0.15) is 25.0 Å². The van der Waals surface area contributed by atoms with Crippen LogP contribution in [-0.4, -0.2) is 0 Å². The van der Waals surface area contributed by atoms with Crippen LogP contribution in [0.5, 0.6) is 0 Å². The first-order valence-electron chi connectivity index (χ1n) is 20.0. The molecule has 10 aromatic rings. The van der Waals surface area contributed by atoms with Gasteiger partial charge < -0.3 is 9.80 Å². The average Bonchev–Trinajstić information content (AvgIpc) is 3.75. The lowest BCUT2D eigenvalue weighted by molar-refractivity contribution is 0.661. The van der Waals surface area contributed by atoms with Crippen LogP contribution in [0.15, 0.2) is 206 Å². The van der Waals surface area contributed by atoms with Gasteiger partial charge in [-0.2, -0.15) is 0 Å². The molecule has 0 saturated heterocycles. The number of anilines is 6. The van der Waals surface area contributed by atoms with Gasteiger partial charge >= 0.3 is 0 Å². The van der Waals surface area contributed by atoms with Gasteiger partial charge in [-0.3, -0.25) is 0 Å². The predicted molar refractivity (Wildman–Crippen MR) is 249 cm³/mol. The van der Waals surface area contributed by atoms with Gasteiger partial charge in [-0.15, -0.1) is 11.3 Å². The van der Waals surface area contributed by atoms with E-state index in [1.165, 1.54) is 70.0 Å². The third-order valence-corrected chi connectivity index (χ3v) is 13.1. The van der Waals surface area contributed by atoms with Crippen molar-refractivity contribution in [2.24, 2.45) is 0 Å². The van der Waals surface area contributed by atoms with Gasteiger partial charge in [0, 0.05) is 54.0 Å². The Balaban J connectivity index is 1.04. The second kappa shape index (κ2) is 13.6. The molecule has 1 heterocycles. The van der Waals surface area contributed by atoms with Crippen molar-refractivity contribution in [1.29, 1.82) is 0 Å². The van der Waals surface area contributed by atoms with Crippen LogP contribution in [-0.2, 0) is 5.41 Å². The van der Waals surface area contributed by atoms with Gasteiger partial charge in [-0.1, -0.05) is 135 Å². The van der Waals surface area contributed by atoms with Gasteiger partial charge in [0.25, 0.3) is 0 Å². The first kappa shape index (κ1) is 34.3. The van der Waals surface area contributed by atoms with E-state index in [0.29, 0.717) is 0 Å². The molecular formula is C55H40N2S. The lowest BCUT2D eigenvalue weighted by Crippen LogP contribution is -2.20. The van der Waals surface area contributed by atoms with E-state index in [1.807, 2.05) is 11.3 Å². The van der Waals surface area contributed by atoms with Crippen LogP contribution < -0.4 is 9.80 Å². The quantitative estimate of drug-likeness (QED) is 0.160. The lowest BCUT2D eigenvalue weighted by Gasteiger charge is -2.32. The molecular weight excluding hydrogens is 721 g/mol. The highest BCUT2D eigenvalue weighted by atomic mass is 32.1. The molecule has 1 aromatic heterocycles. The maximum Gasteiger partial charge on any atom is 0.0508 e. The zero-order chi connectivity index (χ0) is 38.8. The van der Waals surface area contributed by atoms with Crippen molar-refractivity contribution in [3.05, 3.63) is 217 Å². The normalized spacial score (nSPS) is 12.8. The van der Waals surface area contributed by atoms with E-state index in [2.05, 4.69) is 230 Å². The van der Waals surface area contributed by atoms with Crippen molar-refractivity contribution in [3.8, 4) is 22.3 Å². The summed E-state index contributed by atoms with van der Waals surface area (Å²) < 4.78 is 2.54. The molecule has 0 bridgehead atoms. The molecule has 0 atom stereocenters. The van der Waals surface area contributed by atoms with Crippen LogP contribution in [0.2, 0.25) is 0 Å². The Morgan fingerprint density at radius 1 is 0.379 bits per heavy atom. The predicted octanol–water partition coefficient (Wildman–Crippen LogP) is 16.1. The summed E-state index contributed by atoms with van der Waals surface area (Å²) in [6, 6.07) is 75.4. The first-order chi connectivity index (χ1) is 28.5. The van der Waals surface area contributed by atoms with Crippen molar-refractivity contribution in [1.82, 2.24) is 0 Å². The number of fused-ring (bicyclic) bond motifs is 7. The Morgan fingerprint density at radius 2 is 0.966 bits per heavy atom. The number of nitrogens with zero attached hydrogens (tertiary/aromatic N) is 2. The summed E-state index contributed by atoms with van der Waals surface area (Å²) in [5.74, 6) is 0. The first-order valence-corrected chi connectivity index (χ1v) is 20.8. The van der Waals surface area contributed by atoms with E-state index in [4.69, 9.17) is 0 Å². The molecule has 0 amide bonds. The molecule has 0 aliphatic heterocycles. The number of thiophene rings is 1. The van der Waals surface area contributed by atoms with Crippen molar-refractivity contribution >= 4 is 76.4 Å². The maximum absolute atomic E-state index is 2.47. The van der Waals surface area contributed by atoms with E-state index >= 15 is 0 Å². The molecule has 9 aromatic carbocycles. The topological polar surface area (TPSA) is 6.48 Å². The van der Waals surface area contributed by atoms with Gasteiger partial charge in [0.2, 0.25) is 0 Å². The number of hydrogen-bond acceptors (Lipinski definition) is 3. The van der Waals surface area contributed by atoms with E-state index in [1.54, 1.807) is 0 Å². The van der Waals surface area contributed by atoms with Crippen LogP contribution in [0, 0.1) is 0 Å². The fraction of sp³-hybridized carbons (Fsp3) is 0.0545. The summed E-state index contributed by atoms with van der Waals surface area (Å²) in [6.07, 6.45) is 0. The summed E-state index contributed by atoms with van der Waals surface area (Å²) in [7, 11) is 0.